The topological polar surface area (TPSA) is 29.5 Å². The van der Waals surface area contributed by atoms with Gasteiger partial charge in [0.25, 0.3) is 0 Å². The van der Waals surface area contributed by atoms with Gasteiger partial charge in [0.2, 0.25) is 0 Å². The highest BCUT2D eigenvalue weighted by Gasteiger charge is 2.30. The van der Waals surface area contributed by atoms with Crippen molar-refractivity contribution in [3.05, 3.63) is 0 Å². The Hall–Kier alpha value is -0.940. The Morgan fingerprint density at radius 1 is 1.47 bits per heavy atom. The van der Waals surface area contributed by atoms with Gasteiger partial charge >= 0.3 is 12.3 Å². The molecule has 15 heavy (non-hydrogen) atoms. The fourth-order valence-electron chi connectivity index (χ4n) is 0.925. The van der Waals surface area contributed by atoms with E-state index in [9.17, 15) is 18.0 Å². The Morgan fingerprint density at radius 3 is 2.40 bits per heavy atom. The number of rotatable bonds is 4. The Balaban J connectivity index is 3.89. The van der Waals surface area contributed by atoms with E-state index in [0.29, 0.717) is 6.54 Å². The van der Waals surface area contributed by atoms with Gasteiger partial charge in [-0.15, -0.1) is 0 Å². The summed E-state index contributed by atoms with van der Waals surface area (Å²) in [5.74, 6) is 0.244. The standard InChI is InChI=1S/C9H16F3NO2/c1-4-7(2)5-13(3)8(14)15-6-9(10,11)12/h7H,4-6H2,1-3H3. The Morgan fingerprint density at radius 2 is 2.00 bits per heavy atom. The third-order valence-corrected chi connectivity index (χ3v) is 1.95. The summed E-state index contributed by atoms with van der Waals surface area (Å²) in [6.45, 7) is 2.72. The predicted molar refractivity (Wildman–Crippen MR) is 49.5 cm³/mol. The van der Waals surface area contributed by atoms with Gasteiger partial charge < -0.3 is 9.64 Å². The van der Waals surface area contributed by atoms with Crippen LogP contribution >= 0.6 is 0 Å². The van der Waals surface area contributed by atoms with E-state index >= 15 is 0 Å². The molecule has 0 aromatic carbocycles. The van der Waals surface area contributed by atoms with Gasteiger partial charge in [0.15, 0.2) is 6.61 Å². The summed E-state index contributed by atoms with van der Waals surface area (Å²) in [6, 6.07) is 0. The van der Waals surface area contributed by atoms with Crippen LogP contribution in [0.3, 0.4) is 0 Å². The van der Waals surface area contributed by atoms with E-state index in [-0.39, 0.29) is 5.92 Å². The molecule has 0 aromatic rings. The van der Waals surface area contributed by atoms with Gasteiger partial charge in [0, 0.05) is 13.6 Å². The van der Waals surface area contributed by atoms with Crippen molar-refractivity contribution < 1.29 is 22.7 Å². The van der Waals surface area contributed by atoms with Crippen LogP contribution in [0.2, 0.25) is 0 Å². The number of nitrogens with zero attached hydrogens (tertiary/aromatic N) is 1. The third-order valence-electron chi connectivity index (χ3n) is 1.95. The van der Waals surface area contributed by atoms with E-state index in [2.05, 4.69) is 4.74 Å². The van der Waals surface area contributed by atoms with Gasteiger partial charge in [0.1, 0.15) is 0 Å². The van der Waals surface area contributed by atoms with Crippen molar-refractivity contribution in [2.24, 2.45) is 5.92 Å². The molecule has 0 bridgehead atoms. The average Bonchev–Trinajstić information content (AvgIpc) is 2.12. The van der Waals surface area contributed by atoms with Crippen molar-refractivity contribution in [1.82, 2.24) is 4.90 Å². The second-order valence-corrected chi connectivity index (χ2v) is 3.56. The molecule has 0 heterocycles. The lowest BCUT2D eigenvalue weighted by molar-refractivity contribution is -0.162. The van der Waals surface area contributed by atoms with E-state index < -0.39 is 18.9 Å². The van der Waals surface area contributed by atoms with Gasteiger partial charge in [-0.05, 0) is 5.92 Å². The minimum absolute atomic E-state index is 0.244. The van der Waals surface area contributed by atoms with Crippen molar-refractivity contribution in [3.63, 3.8) is 0 Å². The number of carbonyl (C=O) groups excluding carboxylic acids is 1. The molecule has 1 unspecified atom stereocenters. The molecular formula is C9H16F3NO2. The summed E-state index contributed by atoms with van der Waals surface area (Å²) < 4.78 is 39.2. The van der Waals surface area contributed by atoms with Gasteiger partial charge in [-0.3, -0.25) is 0 Å². The fourth-order valence-corrected chi connectivity index (χ4v) is 0.925. The van der Waals surface area contributed by atoms with Crippen LogP contribution in [0.1, 0.15) is 20.3 Å². The summed E-state index contributed by atoms with van der Waals surface area (Å²) in [5.41, 5.74) is 0. The lowest BCUT2D eigenvalue weighted by Crippen LogP contribution is -2.33. The molecule has 0 aliphatic heterocycles. The van der Waals surface area contributed by atoms with Gasteiger partial charge in [0.05, 0.1) is 0 Å². The molecule has 1 atom stereocenters. The molecule has 0 radical (unpaired) electrons. The van der Waals surface area contributed by atoms with Crippen LogP contribution < -0.4 is 0 Å². The molecule has 0 rings (SSSR count). The summed E-state index contributed by atoms with van der Waals surface area (Å²) in [7, 11) is 1.42. The van der Waals surface area contributed by atoms with E-state index in [1.165, 1.54) is 7.05 Å². The smallest absolute Gasteiger partial charge is 0.422 e. The van der Waals surface area contributed by atoms with E-state index in [0.717, 1.165) is 11.3 Å². The zero-order valence-corrected chi connectivity index (χ0v) is 9.10. The highest BCUT2D eigenvalue weighted by atomic mass is 19.4. The first-order chi connectivity index (χ1) is 6.76. The van der Waals surface area contributed by atoms with E-state index in [4.69, 9.17) is 0 Å². The number of alkyl halides is 3. The molecule has 0 spiro atoms. The zero-order chi connectivity index (χ0) is 12.1. The molecule has 3 nitrogen and oxygen atoms in total. The molecule has 0 aliphatic carbocycles. The first kappa shape index (κ1) is 14.1. The largest absolute Gasteiger partial charge is 0.440 e. The zero-order valence-electron chi connectivity index (χ0n) is 9.10. The molecule has 0 aromatic heterocycles. The highest BCUT2D eigenvalue weighted by Crippen LogP contribution is 2.15. The van der Waals surface area contributed by atoms with Crippen LogP contribution in [-0.2, 0) is 4.74 Å². The summed E-state index contributed by atoms with van der Waals surface area (Å²) in [5, 5.41) is 0. The van der Waals surface area contributed by atoms with Crippen molar-refractivity contribution in [3.8, 4) is 0 Å². The highest BCUT2D eigenvalue weighted by molar-refractivity contribution is 5.67. The van der Waals surface area contributed by atoms with E-state index in [1.807, 2.05) is 13.8 Å². The minimum atomic E-state index is -4.47. The number of carbonyl (C=O) groups is 1. The van der Waals surface area contributed by atoms with Crippen molar-refractivity contribution >= 4 is 6.09 Å². The number of halogens is 3. The van der Waals surface area contributed by atoms with Gasteiger partial charge in [-0.1, -0.05) is 20.3 Å². The quantitative estimate of drug-likeness (QED) is 0.739. The second kappa shape index (κ2) is 5.82. The Labute approximate surface area is 87.2 Å². The SMILES string of the molecule is CCC(C)CN(C)C(=O)OCC(F)(F)F. The predicted octanol–water partition coefficient (Wildman–Crippen LogP) is 2.66. The molecule has 1 amide bonds. The molecule has 0 fully saturated rings. The molecule has 0 aliphatic rings. The number of ether oxygens (including phenoxy) is 1. The maximum atomic E-state index is 11.7. The fraction of sp³-hybridized carbons (Fsp3) is 0.889. The van der Waals surface area contributed by atoms with Crippen LogP contribution in [0.4, 0.5) is 18.0 Å². The van der Waals surface area contributed by atoms with E-state index in [1.54, 1.807) is 0 Å². The molecule has 0 saturated heterocycles. The van der Waals surface area contributed by atoms with Crippen molar-refractivity contribution in [2.75, 3.05) is 20.2 Å². The first-order valence-corrected chi connectivity index (χ1v) is 4.71. The first-order valence-electron chi connectivity index (χ1n) is 4.71. The lowest BCUT2D eigenvalue weighted by atomic mass is 10.1. The van der Waals surface area contributed by atoms with Crippen LogP contribution in [-0.4, -0.2) is 37.4 Å². The van der Waals surface area contributed by atoms with Crippen molar-refractivity contribution in [1.29, 1.82) is 0 Å². The number of hydrogen-bond acceptors (Lipinski definition) is 2. The molecule has 90 valence electrons. The Kier molecular flexibility index (Phi) is 5.46. The maximum absolute atomic E-state index is 11.7. The molecule has 0 saturated carbocycles. The normalized spacial score (nSPS) is 13.5. The van der Waals surface area contributed by atoms with Gasteiger partial charge in [-0.25, -0.2) is 4.79 Å². The second-order valence-electron chi connectivity index (χ2n) is 3.56. The lowest BCUT2D eigenvalue weighted by Gasteiger charge is -2.20. The van der Waals surface area contributed by atoms with Crippen LogP contribution in [0.25, 0.3) is 0 Å². The summed E-state index contributed by atoms with van der Waals surface area (Å²) in [6.07, 6.45) is -4.54. The summed E-state index contributed by atoms with van der Waals surface area (Å²) in [4.78, 5) is 12.2. The molecular weight excluding hydrogens is 211 g/mol. The number of amides is 1. The number of hydrogen-bond donors (Lipinski definition) is 0. The Bertz CT molecular complexity index is 206. The van der Waals surface area contributed by atoms with Crippen molar-refractivity contribution in [2.45, 2.75) is 26.4 Å². The van der Waals surface area contributed by atoms with Crippen LogP contribution in [0.5, 0.6) is 0 Å². The van der Waals surface area contributed by atoms with Crippen LogP contribution in [0, 0.1) is 5.92 Å². The molecule has 0 N–H and O–H groups in total. The van der Waals surface area contributed by atoms with Crippen LogP contribution in [0.15, 0.2) is 0 Å². The van der Waals surface area contributed by atoms with Gasteiger partial charge in [-0.2, -0.15) is 13.2 Å². The monoisotopic (exact) mass is 227 g/mol. The maximum Gasteiger partial charge on any atom is 0.422 e. The molecule has 6 heteroatoms. The minimum Gasteiger partial charge on any atom is -0.440 e. The summed E-state index contributed by atoms with van der Waals surface area (Å²) >= 11 is 0. The average molecular weight is 227 g/mol. The third kappa shape index (κ3) is 7.04.